The molecule has 2 amide bonds. The predicted molar refractivity (Wildman–Crippen MR) is 127 cm³/mol. The van der Waals surface area contributed by atoms with Crippen LogP contribution in [0.25, 0.3) is 0 Å². The highest BCUT2D eigenvalue weighted by molar-refractivity contribution is 5.95. The summed E-state index contributed by atoms with van der Waals surface area (Å²) in [6.45, 7) is 12.1. The van der Waals surface area contributed by atoms with Gasteiger partial charge in [-0.25, -0.2) is 0 Å². The summed E-state index contributed by atoms with van der Waals surface area (Å²) >= 11 is 0. The summed E-state index contributed by atoms with van der Waals surface area (Å²) in [6, 6.07) is 12.3. The second kappa shape index (κ2) is 9.96. The lowest BCUT2D eigenvalue weighted by Gasteiger charge is -2.37. The van der Waals surface area contributed by atoms with Crippen molar-refractivity contribution in [1.82, 2.24) is 9.80 Å². The fraction of sp³-hybridized carbons (Fsp3) is 0.440. The highest BCUT2D eigenvalue weighted by atomic mass is 16.2. The molecule has 1 fully saturated rings. The Bertz CT molecular complexity index is 928. The molecule has 31 heavy (non-hydrogen) atoms. The maximum Gasteiger partial charge on any atom is 0.243 e. The second-order valence-corrected chi connectivity index (χ2v) is 8.55. The number of nitrogens with zero attached hydrogens (tertiary/aromatic N) is 3. The van der Waals surface area contributed by atoms with Crippen molar-refractivity contribution in [3.63, 3.8) is 0 Å². The van der Waals surface area contributed by atoms with Crippen LogP contribution < -0.4 is 10.2 Å². The Morgan fingerprint density at radius 1 is 0.903 bits per heavy atom. The number of rotatable bonds is 6. The van der Waals surface area contributed by atoms with Crippen LogP contribution in [0.15, 0.2) is 36.4 Å². The Morgan fingerprint density at radius 3 is 2.13 bits per heavy atom. The molecule has 1 aliphatic rings. The smallest absolute Gasteiger partial charge is 0.243 e. The zero-order valence-corrected chi connectivity index (χ0v) is 19.4. The number of aryl methyl sites for hydroxylation is 3. The van der Waals surface area contributed by atoms with Crippen molar-refractivity contribution in [2.45, 2.75) is 27.7 Å². The minimum absolute atomic E-state index is 0.0307. The average molecular weight is 423 g/mol. The third kappa shape index (κ3) is 5.64. The monoisotopic (exact) mass is 422 g/mol. The summed E-state index contributed by atoms with van der Waals surface area (Å²) in [5.41, 5.74) is 6.77. The van der Waals surface area contributed by atoms with E-state index >= 15 is 0 Å². The van der Waals surface area contributed by atoms with E-state index in [-0.39, 0.29) is 18.4 Å². The Kier molecular flexibility index (Phi) is 7.33. The van der Waals surface area contributed by atoms with E-state index in [1.807, 2.05) is 32.0 Å². The van der Waals surface area contributed by atoms with Gasteiger partial charge >= 0.3 is 0 Å². The molecule has 1 heterocycles. The third-order valence-corrected chi connectivity index (χ3v) is 6.20. The van der Waals surface area contributed by atoms with E-state index in [0.717, 1.165) is 43.0 Å². The van der Waals surface area contributed by atoms with Gasteiger partial charge in [0.2, 0.25) is 11.8 Å². The van der Waals surface area contributed by atoms with Gasteiger partial charge in [-0.05, 0) is 56.0 Å². The Balaban J connectivity index is 1.48. The standard InChI is InChI=1S/C25H34N4O2/c1-18-8-7-11-22(21(18)4)29-14-12-28(13-15-29)17-24(31)27(5)16-23(30)26-25-19(2)9-6-10-20(25)3/h6-11H,12-17H2,1-5H3,(H,26,30). The molecule has 166 valence electrons. The molecule has 1 saturated heterocycles. The molecule has 0 atom stereocenters. The van der Waals surface area contributed by atoms with Crippen molar-refractivity contribution in [1.29, 1.82) is 0 Å². The number of anilines is 2. The first kappa shape index (κ1) is 22.8. The van der Waals surface area contributed by atoms with Crippen LogP contribution in [0.1, 0.15) is 22.3 Å². The Labute approximate surface area is 185 Å². The van der Waals surface area contributed by atoms with Crippen molar-refractivity contribution in [2.75, 3.05) is 56.5 Å². The summed E-state index contributed by atoms with van der Waals surface area (Å²) in [7, 11) is 1.69. The highest BCUT2D eigenvalue weighted by Gasteiger charge is 2.22. The Morgan fingerprint density at radius 2 is 1.48 bits per heavy atom. The molecule has 0 bridgehead atoms. The number of carbonyl (C=O) groups excluding carboxylic acids is 2. The Hall–Kier alpha value is -2.86. The average Bonchev–Trinajstić information content (AvgIpc) is 2.73. The topological polar surface area (TPSA) is 55.9 Å². The number of amides is 2. The summed E-state index contributed by atoms with van der Waals surface area (Å²) in [4.78, 5) is 31.2. The van der Waals surface area contributed by atoms with Crippen LogP contribution in [-0.4, -0.2) is 67.9 Å². The van der Waals surface area contributed by atoms with Gasteiger partial charge < -0.3 is 15.1 Å². The molecule has 1 N–H and O–H groups in total. The zero-order valence-electron chi connectivity index (χ0n) is 19.4. The molecule has 0 aliphatic carbocycles. The lowest BCUT2D eigenvalue weighted by Crippen LogP contribution is -2.50. The summed E-state index contributed by atoms with van der Waals surface area (Å²) in [5.74, 6) is -0.204. The first-order valence-corrected chi connectivity index (χ1v) is 10.9. The number of piperazine rings is 1. The summed E-state index contributed by atoms with van der Waals surface area (Å²) in [6.07, 6.45) is 0. The van der Waals surface area contributed by atoms with E-state index in [1.54, 1.807) is 7.05 Å². The van der Waals surface area contributed by atoms with Crippen LogP contribution in [0.3, 0.4) is 0 Å². The second-order valence-electron chi connectivity index (χ2n) is 8.55. The molecule has 0 unspecified atom stereocenters. The van der Waals surface area contributed by atoms with Crippen molar-refractivity contribution >= 4 is 23.2 Å². The number of para-hydroxylation sites is 1. The van der Waals surface area contributed by atoms with Gasteiger partial charge in [0, 0.05) is 44.6 Å². The number of hydrogen-bond donors (Lipinski definition) is 1. The van der Waals surface area contributed by atoms with E-state index in [2.05, 4.69) is 47.2 Å². The van der Waals surface area contributed by atoms with Gasteiger partial charge in [-0.15, -0.1) is 0 Å². The van der Waals surface area contributed by atoms with Crippen molar-refractivity contribution in [3.05, 3.63) is 58.7 Å². The molecule has 0 radical (unpaired) electrons. The lowest BCUT2D eigenvalue weighted by molar-refractivity contribution is -0.134. The summed E-state index contributed by atoms with van der Waals surface area (Å²) < 4.78 is 0. The van der Waals surface area contributed by atoms with Crippen LogP contribution in [0.4, 0.5) is 11.4 Å². The fourth-order valence-corrected chi connectivity index (χ4v) is 4.03. The van der Waals surface area contributed by atoms with Crippen LogP contribution in [0.2, 0.25) is 0 Å². The van der Waals surface area contributed by atoms with Gasteiger partial charge in [0.1, 0.15) is 0 Å². The van der Waals surface area contributed by atoms with Crippen molar-refractivity contribution in [3.8, 4) is 0 Å². The molecule has 3 rings (SSSR count). The SMILES string of the molecule is Cc1cccc(N2CCN(CC(=O)N(C)CC(=O)Nc3c(C)cccc3C)CC2)c1C. The molecule has 6 nitrogen and oxygen atoms in total. The fourth-order valence-electron chi connectivity index (χ4n) is 4.03. The normalized spacial score (nSPS) is 14.4. The maximum absolute atomic E-state index is 12.7. The van der Waals surface area contributed by atoms with E-state index in [0.29, 0.717) is 6.54 Å². The molecule has 0 aromatic heterocycles. The number of carbonyl (C=O) groups is 2. The molecule has 0 spiro atoms. The quantitative estimate of drug-likeness (QED) is 0.777. The van der Waals surface area contributed by atoms with E-state index in [1.165, 1.54) is 21.7 Å². The van der Waals surface area contributed by atoms with Crippen LogP contribution >= 0.6 is 0 Å². The van der Waals surface area contributed by atoms with E-state index in [4.69, 9.17) is 0 Å². The number of likely N-dealkylation sites (N-methyl/N-ethyl adjacent to an activating group) is 1. The minimum Gasteiger partial charge on any atom is -0.369 e. The van der Waals surface area contributed by atoms with Crippen molar-refractivity contribution in [2.24, 2.45) is 0 Å². The molecule has 0 saturated carbocycles. The molecule has 2 aromatic rings. The van der Waals surface area contributed by atoms with Crippen LogP contribution in [-0.2, 0) is 9.59 Å². The van der Waals surface area contributed by atoms with Gasteiger partial charge in [0.05, 0.1) is 13.1 Å². The van der Waals surface area contributed by atoms with Gasteiger partial charge in [0.15, 0.2) is 0 Å². The number of nitrogens with one attached hydrogen (secondary N) is 1. The third-order valence-electron chi connectivity index (χ3n) is 6.20. The van der Waals surface area contributed by atoms with Crippen LogP contribution in [0, 0.1) is 27.7 Å². The molecular formula is C25H34N4O2. The predicted octanol–water partition coefficient (Wildman–Crippen LogP) is 3.14. The molecule has 2 aromatic carbocycles. The van der Waals surface area contributed by atoms with Crippen LogP contribution in [0.5, 0.6) is 0 Å². The zero-order chi connectivity index (χ0) is 22.5. The number of hydrogen-bond acceptors (Lipinski definition) is 4. The van der Waals surface area contributed by atoms with Gasteiger partial charge in [0.25, 0.3) is 0 Å². The number of benzene rings is 2. The van der Waals surface area contributed by atoms with E-state index in [9.17, 15) is 9.59 Å². The largest absolute Gasteiger partial charge is 0.369 e. The van der Waals surface area contributed by atoms with Gasteiger partial charge in [-0.2, -0.15) is 0 Å². The van der Waals surface area contributed by atoms with Gasteiger partial charge in [-0.1, -0.05) is 30.3 Å². The van der Waals surface area contributed by atoms with Gasteiger partial charge in [-0.3, -0.25) is 14.5 Å². The van der Waals surface area contributed by atoms with E-state index < -0.39 is 0 Å². The molecule has 1 aliphatic heterocycles. The molecule has 6 heteroatoms. The maximum atomic E-state index is 12.7. The minimum atomic E-state index is -0.173. The van der Waals surface area contributed by atoms with Crippen molar-refractivity contribution < 1.29 is 9.59 Å². The molecular weight excluding hydrogens is 388 g/mol. The highest BCUT2D eigenvalue weighted by Crippen LogP contribution is 2.24. The lowest BCUT2D eigenvalue weighted by atomic mass is 10.1. The summed E-state index contributed by atoms with van der Waals surface area (Å²) in [5, 5.41) is 2.95. The first-order valence-electron chi connectivity index (χ1n) is 10.9. The first-order chi connectivity index (χ1) is 14.8.